The molecule has 1 heterocycles. The lowest BCUT2D eigenvalue weighted by Gasteiger charge is -2.11. The zero-order valence-corrected chi connectivity index (χ0v) is 11.5. The molecule has 18 heavy (non-hydrogen) atoms. The average molecular weight is 255 g/mol. The first-order valence-corrected chi connectivity index (χ1v) is 6.26. The normalized spacial score (nSPS) is 12.4. The molecule has 0 aliphatic heterocycles. The van der Waals surface area contributed by atoms with E-state index in [2.05, 4.69) is 10.3 Å². The molecular formula is C12H21N3O3. The maximum Gasteiger partial charge on any atom is 0.360 e. The number of methoxy groups -OCH3 is 1. The number of carbonyl (C=O) groups excluding carboxylic acids is 1. The van der Waals surface area contributed by atoms with Gasteiger partial charge in [0.15, 0.2) is 5.69 Å². The van der Waals surface area contributed by atoms with Gasteiger partial charge in [-0.1, -0.05) is 18.6 Å². The summed E-state index contributed by atoms with van der Waals surface area (Å²) in [4.78, 5) is 11.7. The van der Waals surface area contributed by atoms with Gasteiger partial charge in [0.1, 0.15) is 0 Å². The van der Waals surface area contributed by atoms with E-state index in [1.54, 1.807) is 18.7 Å². The number of rotatable bonds is 7. The second kappa shape index (κ2) is 7.10. The van der Waals surface area contributed by atoms with Gasteiger partial charge < -0.3 is 9.47 Å². The third-order valence-corrected chi connectivity index (χ3v) is 2.63. The number of hydrogen-bond donors (Lipinski definition) is 0. The monoisotopic (exact) mass is 255 g/mol. The predicted molar refractivity (Wildman–Crippen MR) is 66.4 cm³/mol. The molecule has 6 heteroatoms. The molecule has 0 N–H and O–H groups in total. The van der Waals surface area contributed by atoms with Gasteiger partial charge in [0.05, 0.1) is 24.9 Å². The molecule has 1 rings (SSSR count). The summed E-state index contributed by atoms with van der Waals surface area (Å²) in [6.07, 6.45) is 1.69. The van der Waals surface area contributed by atoms with Crippen molar-refractivity contribution in [2.24, 2.45) is 0 Å². The van der Waals surface area contributed by atoms with Gasteiger partial charge in [0.25, 0.3) is 0 Å². The Labute approximate surface area is 107 Å². The summed E-state index contributed by atoms with van der Waals surface area (Å²) < 4.78 is 11.9. The Morgan fingerprint density at radius 2 is 2.17 bits per heavy atom. The molecule has 0 amide bonds. The van der Waals surface area contributed by atoms with Gasteiger partial charge in [-0.05, 0) is 20.3 Å². The molecule has 0 bridgehead atoms. The number of carbonyl (C=O) groups is 1. The summed E-state index contributed by atoms with van der Waals surface area (Å²) in [6, 6.07) is 0. The number of nitrogens with zero attached hydrogens (tertiary/aromatic N) is 3. The molecule has 6 nitrogen and oxygen atoms in total. The lowest BCUT2D eigenvalue weighted by molar-refractivity contribution is 0.0517. The van der Waals surface area contributed by atoms with E-state index in [-0.39, 0.29) is 6.10 Å². The Hall–Kier alpha value is -1.43. The molecule has 0 radical (unpaired) electrons. The van der Waals surface area contributed by atoms with Crippen LogP contribution in [0.3, 0.4) is 0 Å². The summed E-state index contributed by atoms with van der Waals surface area (Å²) in [5.74, 6) is -0.405. The molecule has 0 spiro atoms. The van der Waals surface area contributed by atoms with Crippen LogP contribution in [0.4, 0.5) is 0 Å². The van der Waals surface area contributed by atoms with Crippen molar-refractivity contribution in [3.05, 3.63) is 11.4 Å². The van der Waals surface area contributed by atoms with Crippen LogP contribution in [-0.4, -0.2) is 40.8 Å². The van der Waals surface area contributed by atoms with Crippen LogP contribution in [0.2, 0.25) is 0 Å². The minimum Gasteiger partial charge on any atom is -0.461 e. The fraction of sp³-hybridized carbons (Fsp3) is 0.750. The van der Waals surface area contributed by atoms with Crippen molar-refractivity contribution >= 4 is 5.97 Å². The summed E-state index contributed by atoms with van der Waals surface area (Å²) in [5.41, 5.74) is 1.14. The highest BCUT2D eigenvalue weighted by Gasteiger charge is 2.20. The summed E-state index contributed by atoms with van der Waals surface area (Å²) in [6.45, 7) is 6.69. The highest BCUT2D eigenvalue weighted by Crippen LogP contribution is 2.11. The van der Waals surface area contributed by atoms with Crippen LogP contribution in [0.15, 0.2) is 0 Å². The van der Waals surface area contributed by atoms with Crippen LogP contribution >= 0.6 is 0 Å². The molecule has 1 aromatic rings. The number of aromatic nitrogens is 3. The van der Waals surface area contributed by atoms with E-state index in [1.165, 1.54) is 0 Å². The fourth-order valence-electron chi connectivity index (χ4n) is 1.64. The van der Waals surface area contributed by atoms with Gasteiger partial charge >= 0.3 is 5.97 Å². The first-order chi connectivity index (χ1) is 8.63. The molecule has 0 aliphatic carbocycles. The van der Waals surface area contributed by atoms with Gasteiger partial charge in [0.2, 0.25) is 0 Å². The van der Waals surface area contributed by atoms with Crippen LogP contribution in [0.25, 0.3) is 0 Å². The van der Waals surface area contributed by atoms with Crippen molar-refractivity contribution in [2.75, 3.05) is 13.7 Å². The van der Waals surface area contributed by atoms with Gasteiger partial charge in [-0.2, -0.15) is 0 Å². The highest BCUT2D eigenvalue weighted by atomic mass is 16.5. The van der Waals surface area contributed by atoms with E-state index in [0.29, 0.717) is 18.8 Å². The topological polar surface area (TPSA) is 66.2 Å². The molecule has 0 fully saturated rings. The van der Waals surface area contributed by atoms with Crippen LogP contribution in [0, 0.1) is 0 Å². The molecule has 0 saturated carbocycles. The van der Waals surface area contributed by atoms with Crippen LogP contribution in [0.1, 0.15) is 43.4 Å². The van der Waals surface area contributed by atoms with Crippen molar-refractivity contribution in [1.29, 1.82) is 0 Å². The molecule has 0 aromatic carbocycles. The molecular weight excluding hydrogens is 234 g/mol. The third-order valence-electron chi connectivity index (χ3n) is 2.63. The molecule has 102 valence electrons. The first-order valence-electron chi connectivity index (χ1n) is 6.26. The van der Waals surface area contributed by atoms with Crippen molar-refractivity contribution in [3.8, 4) is 0 Å². The Morgan fingerprint density at radius 3 is 2.72 bits per heavy atom. The van der Waals surface area contributed by atoms with E-state index >= 15 is 0 Å². The lowest BCUT2D eigenvalue weighted by atomic mass is 10.2. The quantitative estimate of drug-likeness (QED) is 0.690. The summed E-state index contributed by atoms with van der Waals surface area (Å²) in [7, 11) is 1.65. The van der Waals surface area contributed by atoms with Crippen molar-refractivity contribution in [2.45, 2.75) is 46.3 Å². The SMILES string of the molecule is CCCc1c(C(=O)OCC)nnn1CC(C)OC. The number of ether oxygens (including phenoxy) is 2. The zero-order chi connectivity index (χ0) is 13.5. The fourth-order valence-corrected chi connectivity index (χ4v) is 1.64. The molecule has 1 aromatic heterocycles. The Bertz CT molecular complexity index is 390. The second-order valence-corrected chi connectivity index (χ2v) is 4.08. The summed E-state index contributed by atoms with van der Waals surface area (Å²) >= 11 is 0. The van der Waals surface area contributed by atoms with E-state index in [4.69, 9.17) is 9.47 Å². The highest BCUT2D eigenvalue weighted by molar-refractivity contribution is 5.88. The van der Waals surface area contributed by atoms with Gasteiger partial charge in [-0.25, -0.2) is 9.48 Å². The van der Waals surface area contributed by atoms with Crippen LogP contribution < -0.4 is 0 Å². The molecule has 1 unspecified atom stereocenters. The van der Waals surface area contributed by atoms with Crippen molar-refractivity contribution < 1.29 is 14.3 Å². The minimum atomic E-state index is -0.405. The smallest absolute Gasteiger partial charge is 0.360 e. The van der Waals surface area contributed by atoms with E-state index in [0.717, 1.165) is 18.5 Å². The standard InChI is InChI=1S/C12H21N3O3/c1-5-7-10-11(12(16)18-6-2)13-14-15(10)8-9(3)17-4/h9H,5-8H2,1-4H3. The van der Waals surface area contributed by atoms with Crippen molar-refractivity contribution in [1.82, 2.24) is 15.0 Å². The van der Waals surface area contributed by atoms with E-state index in [9.17, 15) is 4.79 Å². The number of esters is 1. The van der Waals surface area contributed by atoms with Crippen LogP contribution in [-0.2, 0) is 22.4 Å². The van der Waals surface area contributed by atoms with E-state index in [1.807, 2.05) is 13.8 Å². The van der Waals surface area contributed by atoms with Crippen LogP contribution in [0.5, 0.6) is 0 Å². The minimum absolute atomic E-state index is 0.0253. The number of hydrogen-bond acceptors (Lipinski definition) is 5. The van der Waals surface area contributed by atoms with Gasteiger partial charge in [-0.15, -0.1) is 5.10 Å². The van der Waals surface area contributed by atoms with Crippen molar-refractivity contribution in [3.63, 3.8) is 0 Å². The molecule has 1 atom stereocenters. The lowest BCUT2D eigenvalue weighted by Crippen LogP contribution is -2.18. The van der Waals surface area contributed by atoms with E-state index < -0.39 is 5.97 Å². The molecule has 0 saturated heterocycles. The zero-order valence-electron chi connectivity index (χ0n) is 11.5. The predicted octanol–water partition coefficient (Wildman–Crippen LogP) is 1.44. The Balaban J connectivity index is 2.94. The largest absolute Gasteiger partial charge is 0.461 e. The maximum atomic E-state index is 11.7. The summed E-state index contributed by atoms with van der Waals surface area (Å²) in [5, 5.41) is 7.94. The Kier molecular flexibility index (Phi) is 5.77. The second-order valence-electron chi connectivity index (χ2n) is 4.08. The third kappa shape index (κ3) is 3.53. The van der Waals surface area contributed by atoms with Gasteiger partial charge in [-0.3, -0.25) is 0 Å². The Morgan fingerprint density at radius 1 is 1.44 bits per heavy atom. The maximum absolute atomic E-state index is 11.7. The first kappa shape index (κ1) is 14.6. The average Bonchev–Trinajstić information content (AvgIpc) is 2.73. The molecule has 0 aliphatic rings. The van der Waals surface area contributed by atoms with Gasteiger partial charge in [0, 0.05) is 7.11 Å².